The van der Waals surface area contributed by atoms with Gasteiger partial charge in [0, 0.05) is 28.7 Å². The minimum Gasteiger partial charge on any atom is -0.486 e. The van der Waals surface area contributed by atoms with Crippen molar-refractivity contribution in [2.45, 2.75) is 26.6 Å². The molecule has 0 saturated heterocycles. The van der Waals surface area contributed by atoms with Crippen molar-refractivity contribution >= 4 is 23.8 Å². The highest BCUT2D eigenvalue weighted by molar-refractivity contribution is 5.95. The summed E-state index contributed by atoms with van der Waals surface area (Å²) in [6, 6.07) is 21.5. The van der Waals surface area contributed by atoms with Gasteiger partial charge >= 0.3 is 23.7 Å². The van der Waals surface area contributed by atoms with Gasteiger partial charge in [0.15, 0.2) is 5.76 Å². The quantitative estimate of drug-likeness (QED) is 0.0558. The summed E-state index contributed by atoms with van der Waals surface area (Å²) in [6.07, 6.45) is -3.74. The van der Waals surface area contributed by atoms with Crippen molar-refractivity contribution in [3.63, 3.8) is 0 Å². The zero-order valence-electron chi connectivity index (χ0n) is 24.8. The molecule has 0 aliphatic rings. The minimum absolute atomic E-state index is 0.0335. The number of furan rings is 1. The molecule has 0 unspecified atom stereocenters. The molecule has 3 aromatic carbocycles. The predicted molar refractivity (Wildman–Crippen MR) is 163 cm³/mol. The molecule has 47 heavy (non-hydrogen) atoms. The zero-order valence-corrected chi connectivity index (χ0v) is 24.8. The van der Waals surface area contributed by atoms with Crippen LogP contribution in [0.2, 0.25) is 0 Å². The summed E-state index contributed by atoms with van der Waals surface area (Å²) in [5, 5.41) is 15.4. The maximum atomic E-state index is 13.1. The molecule has 2 aromatic heterocycles. The standard InChI is InChI=1S/C33H25F3N4O7/c1-20-9-10-21(2)39(20)25-11-13-26(14-12-25)45-19-27-15-16-29(46-27)31(41)38-37-18-23-6-4-8-28(40(43)44)30(23)47-32(42)22-5-3-7-24(17-22)33(34,35)36/h3-18H,19H2,1-2H3,(H,38,41)/b37-18+. The third-order valence-corrected chi connectivity index (χ3v) is 6.84. The van der Waals surface area contributed by atoms with Crippen molar-refractivity contribution in [3.8, 4) is 17.2 Å². The highest BCUT2D eigenvalue weighted by atomic mass is 19.4. The van der Waals surface area contributed by atoms with Crippen LogP contribution in [0.15, 0.2) is 101 Å². The molecule has 0 atom stereocenters. The van der Waals surface area contributed by atoms with Crippen molar-refractivity contribution in [2.75, 3.05) is 0 Å². The van der Waals surface area contributed by atoms with Crippen LogP contribution in [0.1, 0.15) is 49.2 Å². The molecule has 0 aliphatic carbocycles. The Balaban J connectivity index is 1.22. The van der Waals surface area contributed by atoms with E-state index in [2.05, 4.69) is 15.1 Å². The molecule has 5 aromatic rings. The maximum absolute atomic E-state index is 13.1. The molecule has 0 fully saturated rings. The fourth-order valence-electron chi connectivity index (χ4n) is 4.59. The first kappa shape index (κ1) is 32.2. The van der Waals surface area contributed by atoms with E-state index < -0.39 is 45.5 Å². The second kappa shape index (κ2) is 13.4. The lowest BCUT2D eigenvalue weighted by atomic mass is 10.1. The molecule has 1 N–H and O–H groups in total. The Labute approximate surface area is 265 Å². The molecular weight excluding hydrogens is 621 g/mol. The number of hydrogen-bond donors (Lipinski definition) is 1. The molecule has 0 aliphatic heterocycles. The lowest BCUT2D eigenvalue weighted by molar-refractivity contribution is -0.385. The Morgan fingerprint density at radius 2 is 1.68 bits per heavy atom. The second-order valence-electron chi connectivity index (χ2n) is 10.1. The summed E-state index contributed by atoms with van der Waals surface area (Å²) in [6.45, 7) is 4.07. The minimum atomic E-state index is -4.72. The second-order valence-corrected chi connectivity index (χ2v) is 10.1. The normalized spacial score (nSPS) is 11.4. The van der Waals surface area contributed by atoms with Gasteiger partial charge in [0.05, 0.1) is 22.3 Å². The van der Waals surface area contributed by atoms with Crippen LogP contribution < -0.4 is 14.9 Å². The van der Waals surface area contributed by atoms with Gasteiger partial charge in [-0.25, -0.2) is 10.2 Å². The number of hydrazone groups is 1. The SMILES string of the molecule is Cc1ccc(C)n1-c1ccc(OCc2ccc(C(=O)N/N=C/c3cccc([N+](=O)[O-])c3OC(=O)c3cccc(C(F)(F)F)c3)o2)cc1. The van der Waals surface area contributed by atoms with Gasteiger partial charge in [-0.1, -0.05) is 12.1 Å². The van der Waals surface area contributed by atoms with E-state index >= 15 is 0 Å². The zero-order chi connectivity index (χ0) is 33.7. The number of rotatable bonds is 10. The average Bonchev–Trinajstić information content (AvgIpc) is 3.66. The summed E-state index contributed by atoms with van der Waals surface area (Å²) in [5.41, 5.74) is 3.06. The number of aryl methyl sites for hydroxylation is 2. The molecule has 0 bridgehead atoms. The molecule has 2 heterocycles. The van der Waals surface area contributed by atoms with Gasteiger partial charge in [-0.3, -0.25) is 14.9 Å². The number of nitrogens with one attached hydrogen (secondary N) is 1. The van der Waals surface area contributed by atoms with E-state index in [0.29, 0.717) is 17.6 Å². The van der Waals surface area contributed by atoms with E-state index in [1.807, 2.05) is 50.2 Å². The first-order valence-electron chi connectivity index (χ1n) is 13.9. The van der Waals surface area contributed by atoms with Crippen LogP contribution in [0.3, 0.4) is 0 Å². The first-order chi connectivity index (χ1) is 22.4. The number of halogens is 3. The third kappa shape index (κ3) is 7.56. The smallest absolute Gasteiger partial charge is 0.416 e. The van der Waals surface area contributed by atoms with Crippen LogP contribution in [-0.2, 0) is 12.8 Å². The molecule has 0 saturated carbocycles. The number of hydrogen-bond acceptors (Lipinski definition) is 8. The molecule has 0 radical (unpaired) electrons. The monoisotopic (exact) mass is 646 g/mol. The molecule has 0 spiro atoms. The Morgan fingerprint density at radius 1 is 0.979 bits per heavy atom. The number of alkyl halides is 3. The predicted octanol–water partition coefficient (Wildman–Crippen LogP) is 7.18. The highest BCUT2D eigenvalue weighted by Gasteiger charge is 2.31. The van der Waals surface area contributed by atoms with Gasteiger partial charge in [0.2, 0.25) is 5.75 Å². The summed E-state index contributed by atoms with van der Waals surface area (Å²) in [7, 11) is 0. The highest BCUT2D eigenvalue weighted by Crippen LogP contribution is 2.32. The number of carbonyl (C=O) groups is 2. The van der Waals surface area contributed by atoms with Crippen LogP contribution >= 0.6 is 0 Å². The summed E-state index contributed by atoms with van der Waals surface area (Å²) in [5.74, 6) is -1.78. The Kier molecular flexibility index (Phi) is 9.21. The fraction of sp³-hybridized carbons (Fsp3) is 0.121. The summed E-state index contributed by atoms with van der Waals surface area (Å²) < 4.78 is 57.9. The maximum Gasteiger partial charge on any atom is 0.416 e. The van der Waals surface area contributed by atoms with E-state index in [9.17, 15) is 32.9 Å². The lowest BCUT2D eigenvalue weighted by Crippen LogP contribution is -2.17. The van der Waals surface area contributed by atoms with Crippen LogP contribution in [0.4, 0.5) is 18.9 Å². The number of nitro benzene ring substituents is 1. The fourth-order valence-corrected chi connectivity index (χ4v) is 4.59. The van der Waals surface area contributed by atoms with Crippen LogP contribution in [-0.4, -0.2) is 27.6 Å². The number of amides is 1. The van der Waals surface area contributed by atoms with Crippen molar-refractivity contribution in [2.24, 2.45) is 5.10 Å². The number of nitro groups is 1. The summed E-state index contributed by atoms with van der Waals surface area (Å²) >= 11 is 0. The Bertz CT molecular complexity index is 1960. The van der Waals surface area contributed by atoms with Gasteiger partial charge in [0.1, 0.15) is 18.1 Å². The molecule has 5 rings (SSSR count). The third-order valence-electron chi connectivity index (χ3n) is 6.84. The first-order valence-corrected chi connectivity index (χ1v) is 13.9. The van der Waals surface area contributed by atoms with Crippen LogP contribution in [0.5, 0.6) is 11.5 Å². The number of ether oxygens (including phenoxy) is 2. The topological polar surface area (TPSA) is 138 Å². The van der Waals surface area contributed by atoms with Gasteiger partial charge < -0.3 is 18.5 Å². The number of benzene rings is 3. The van der Waals surface area contributed by atoms with Crippen molar-refractivity contribution in [3.05, 3.63) is 141 Å². The van der Waals surface area contributed by atoms with Crippen molar-refractivity contribution < 1.29 is 41.6 Å². The Morgan fingerprint density at radius 3 is 2.36 bits per heavy atom. The van der Waals surface area contributed by atoms with Crippen LogP contribution in [0, 0.1) is 24.0 Å². The van der Waals surface area contributed by atoms with Crippen LogP contribution in [0.25, 0.3) is 5.69 Å². The number of nitrogens with zero attached hydrogens (tertiary/aromatic N) is 3. The van der Waals surface area contributed by atoms with Crippen molar-refractivity contribution in [1.29, 1.82) is 0 Å². The lowest BCUT2D eigenvalue weighted by Gasteiger charge is -2.10. The number of aromatic nitrogens is 1. The van der Waals surface area contributed by atoms with E-state index in [0.717, 1.165) is 47.6 Å². The largest absolute Gasteiger partial charge is 0.486 e. The number of para-hydroxylation sites is 1. The van der Waals surface area contributed by atoms with E-state index in [4.69, 9.17) is 13.9 Å². The molecular formula is C33H25F3N4O7. The van der Waals surface area contributed by atoms with Gasteiger partial charge in [-0.2, -0.15) is 18.3 Å². The van der Waals surface area contributed by atoms with Crippen molar-refractivity contribution in [1.82, 2.24) is 9.99 Å². The molecule has 11 nitrogen and oxygen atoms in total. The van der Waals surface area contributed by atoms with E-state index in [1.54, 1.807) is 6.07 Å². The summed E-state index contributed by atoms with van der Waals surface area (Å²) in [4.78, 5) is 36.1. The number of carbonyl (C=O) groups excluding carboxylic acids is 2. The van der Waals surface area contributed by atoms with Gasteiger partial charge in [-0.15, -0.1) is 0 Å². The molecule has 240 valence electrons. The van der Waals surface area contributed by atoms with E-state index in [1.165, 1.54) is 18.2 Å². The van der Waals surface area contributed by atoms with Gasteiger partial charge in [-0.05, 0) is 86.6 Å². The Hall–Kier alpha value is -6.18. The average molecular weight is 647 g/mol. The number of esters is 1. The van der Waals surface area contributed by atoms with Gasteiger partial charge in [0.25, 0.3) is 0 Å². The van der Waals surface area contributed by atoms with E-state index in [-0.39, 0.29) is 17.9 Å². The molecule has 14 heteroatoms. The molecule has 1 amide bonds.